The quantitative estimate of drug-likeness (QED) is 0.915. The van der Waals surface area contributed by atoms with E-state index in [-0.39, 0.29) is 24.1 Å². The summed E-state index contributed by atoms with van der Waals surface area (Å²) in [6.07, 6.45) is 1.48. The molecule has 2 rings (SSSR count). The van der Waals surface area contributed by atoms with E-state index in [9.17, 15) is 9.59 Å². The first kappa shape index (κ1) is 17.5. The molecule has 0 atom stereocenters. The molecule has 6 nitrogen and oxygen atoms in total. The molecule has 24 heavy (non-hydrogen) atoms. The smallest absolute Gasteiger partial charge is 0.272 e. The number of ether oxygens (including phenoxy) is 1. The largest absolute Gasteiger partial charge is 0.483 e. The fourth-order valence-corrected chi connectivity index (χ4v) is 2.22. The number of nitrogens with zero attached hydrogens (tertiary/aromatic N) is 2. The molecule has 2 amide bonds. The van der Waals surface area contributed by atoms with Crippen LogP contribution in [0.5, 0.6) is 5.75 Å². The topological polar surface area (TPSA) is 71.5 Å². The molecule has 0 unspecified atom stereocenters. The number of aromatic nitrogens is 1. The van der Waals surface area contributed by atoms with Crippen molar-refractivity contribution in [2.75, 3.05) is 26.0 Å². The second-order valence-corrected chi connectivity index (χ2v) is 5.69. The predicted molar refractivity (Wildman–Crippen MR) is 92.3 cm³/mol. The zero-order valence-electron chi connectivity index (χ0n) is 14.3. The van der Waals surface area contributed by atoms with Gasteiger partial charge in [0, 0.05) is 26.0 Å². The molecule has 0 aliphatic carbocycles. The van der Waals surface area contributed by atoms with Crippen LogP contribution in [0.2, 0.25) is 0 Å². The fourth-order valence-electron chi connectivity index (χ4n) is 2.22. The van der Waals surface area contributed by atoms with E-state index >= 15 is 0 Å². The Morgan fingerprint density at radius 1 is 1.17 bits per heavy atom. The van der Waals surface area contributed by atoms with Gasteiger partial charge in [-0.15, -0.1) is 0 Å². The minimum atomic E-state index is -0.299. The summed E-state index contributed by atoms with van der Waals surface area (Å²) < 4.78 is 5.61. The van der Waals surface area contributed by atoms with Crippen molar-refractivity contribution in [2.45, 2.75) is 13.8 Å². The number of benzene rings is 1. The minimum Gasteiger partial charge on any atom is -0.483 e. The van der Waals surface area contributed by atoms with Gasteiger partial charge in [0.2, 0.25) is 0 Å². The van der Waals surface area contributed by atoms with Crippen LogP contribution in [0.3, 0.4) is 0 Å². The average molecular weight is 327 g/mol. The third kappa shape index (κ3) is 4.32. The summed E-state index contributed by atoms with van der Waals surface area (Å²) in [5.41, 5.74) is 2.73. The van der Waals surface area contributed by atoms with Crippen molar-refractivity contribution in [2.24, 2.45) is 0 Å². The molecule has 0 aliphatic rings. The van der Waals surface area contributed by atoms with E-state index in [1.165, 1.54) is 11.1 Å². The van der Waals surface area contributed by atoms with Crippen LogP contribution < -0.4 is 10.1 Å². The van der Waals surface area contributed by atoms with E-state index in [0.29, 0.717) is 11.4 Å². The van der Waals surface area contributed by atoms with Gasteiger partial charge in [-0.05, 0) is 37.1 Å². The van der Waals surface area contributed by atoms with Crippen molar-refractivity contribution in [3.8, 4) is 5.75 Å². The molecular weight excluding hydrogens is 306 g/mol. The number of pyridine rings is 1. The molecule has 1 aromatic heterocycles. The first-order valence-corrected chi connectivity index (χ1v) is 7.55. The summed E-state index contributed by atoms with van der Waals surface area (Å²) in [7, 11) is 3.29. The Kier molecular flexibility index (Phi) is 5.52. The van der Waals surface area contributed by atoms with Gasteiger partial charge in [0.05, 0.1) is 0 Å². The molecule has 126 valence electrons. The SMILES string of the molecule is Cc1cccc(C)c1OCC(=O)Nc1ccnc(C(=O)N(C)C)c1. The van der Waals surface area contributed by atoms with Crippen molar-refractivity contribution in [1.82, 2.24) is 9.88 Å². The number of anilines is 1. The number of carbonyl (C=O) groups excluding carboxylic acids is 2. The summed E-state index contributed by atoms with van der Waals surface area (Å²) in [6, 6.07) is 8.98. The predicted octanol–water partition coefficient (Wildman–Crippen LogP) is 2.42. The summed E-state index contributed by atoms with van der Waals surface area (Å²) in [4.78, 5) is 29.4. The van der Waals surface area contributed by atoms with Gasteiger partial charge in [0.25, 0.3) is 11.8 Å². The molecule has 0 fully saturated rings. The van der Waals surface area contributed by atoms with Crippen LogP contribution in [0.25, 0.3) is 0 Å². The maximum atomic E-state index is 12.1. The number of aryl methyl sites for hydroxylation is 2. The van der Waals surface area contributed by atoms with Crippen molar-refractivity contribution < 1.29 is 14.3 Å². The van der Waals surface area contributed by atoms with Gasteiger partial charge >= 0.3 is 0 Å². The van der Waals surface area contributed by atoms with Crippen molar-refractivity contribution in [3.05, 3.63) is 53.3 Å². The minimum absolute atomic E-state index is 0.106. The summed E-state index contributed by atoms with van der Waals surface area (Å²) >= 11 is 0. The molecule has 0 aliphatic heterocycles. The Morgan fingerprint density at radius 2 is 1.83 bits per heavy atom. The zero-order valence-corrected chi connectivity index (χ0v) is 14.3. The average Bonchev–Trinajstić information content (AvgIpc) is 2.53. The van der Waals surface area contributed by atoms with E-state index < -0.39 is 0 Å². The van der Waals surface area contributed by atoms with E-state index in [1.807, 2.05) is 32.0 Å². The van der Waals surface area contributed by atoms with Crippen LogP contribution in [-0.2, 0) is 4.79 Å². The number of rotatable bonds is 5. The van der Waals surface area contributed by atoms with Gasteiger partial charge in [-0.25, -0.2) is 0 Å². The maximum Gasteiger partial charge on any atom is 0.272 e. The number of carbonyl (C=O) groups is 2. The molecular formula is C18H21N3O3. The van der Waals surface area contributed by atoms with Gasteiger partial charge in [0.1, 0.15) is 11.4 Å². The molecule has 0 saturated heterocycles. The van der Waals surface area contributed by atoms with Crippen molar-refractivity contribution in [1.29, 1.82) is 0 Å². The lowest BCUT2D eigenvalue weighted by Crippen LogP contribution is -2.24. The molecule has 1 N–H and O–H groups in total. The second-order valence-electron chi connectivity index (χ2n) is 5.69. The van der Waals surface area contributed by atoms with E-state index in [1.54, 1.807) is 26.2 Å². The van der Waals surface area contributed by atoms with Crippen molar-refractivity contribution >= 4 is 17.5 Å². The Labute approximate surface area is 141 Å². The van der Waals surface area contributed by atoms with E-state index in [2.05, 4.69) is 10.3 Å². The molecule has 0 saturated carbocycles. The first-order valence-electron chi connectivity index (χ1n) is 7.55. The van der Waals surface area contributed by atoms with Gasteiger partial charge in [0.15, 0.2) is 6.61 Å². The summed E-state index contributed by atoms with van der Waals surface area (Å²) in [6.45, 7) is 3.76. The van der Waals surface area contributed by atoms with Crippen LogP contribution in [-0.4, -0.2) is 42.4 Å². The van der Waals surface area contributed by atoms with Gasteiger partial charge in [-0.2, -0.15) is 0 Å². The van der Waals surface area contributed by atoms with Crippen LogP contribution in [0.15, 0.2) is 36.5 Å². The zero-order chi connectivity index (χ0) is 17.7. The van der Waals surface area contributed by atoms with Gasteiger partial charge < -0.3 is 15.0 Å². The monoisotopic (exact) mass is 327 g/mol. The number of para-hydroxylation sites is 1. The number of hydrogen-bond donors (Lipinski definition) is 1. The molecule has 0 spiro atoms. The van der Waals surface area contributed by atoms with Crippen LogP contribution in [0.4, 0.5) is 5.69 Å². The number of amides is 2. The Hall–Kier alpha value is -2.89. The fraction of sp³-hybridized carbons (Fsp3) is 0.278. The number of hydrogen-bond acceptors (Lipinski definition) is 4. The number of nitrogens with one attached hydrogen (secondary N) is 1. The molecule has 2 aromatic rings. The molecule has 6 heteroatoms. The van der Waals surface area contributed by atoms with E-state index in [4.69, 9.17) is 4.74 Å². The summed E-state index contributed by atoms with van der Waals surface area (Å²) in [5, 5.41) is 2.71. The highest BCUT2D eigenvalue weighted by atomic mass is 16.5. The normalized spacial score (nSPS) is 10.2. The second kappa shape index (κ2) is 7.59. The standard InChI is InChI=1S/C18H21N3O3/c1-12-6-5-7-13(2)17(12)24-11-16(22)20-14-8-9-19-15(10-14)18(23)21(3)4/h5-10H,11H2,1-4H3,(H,19,20,22). The Morgan fingerprint density at radius 3 is 2.46 bits per heavy atom. The lowest BCUT2D eigenvalue weighted by atomic mass is 10.1. The maximum absolute atomic E-state index is 12.1. The van der Waals surface area contributed by atoms with Crippen molar-refractivity contribution in [3.63, 3.8) is 0 Å². The van der Waals surface area contributed by atoms with Gasteiger partial charge in [-0.3, -0.25) is 14.6 Å². The highest BCUT2D eigenvalue weighted by Crippen LogP contribution is 2.22. The van der Waals surface area contributed by atoms with E-state index in [0.717, 1.165) is 11.1 Å². The highest BCUT2D eigenvalue weighted by Gasteiger charge is 2.12. The molecule has 0 radical (unpaired) electrons. The molecule has 0 bridgehead atoms. The molecule has 1 heterocycles. The lowest BCUT2D eigenvalue weighted by molar-refractivity contribution is -0.118. The Balaban J connectivity index is 2.00. The van der Waals surface area contributed by atoms with Crippen LogP contribution in [0, 0.1) is 13.8 Å². The first-order chi connectivity index (χ1) is 11.4. The third-order valence-electron chi connectivity index (χ3n) is 3.43. The summed E-state index contributed by atoms with van der Waals surface area (Å²) in [5.74, 6) is 0.191. The van der Waals surface area contributed by atoms with Gasteiger partial charge in [-0.1, -0.05) is 18.2 Å². The lowest BCUT2D eigenvalue weighted by Gasteiger charge is -2.13. The third-order valence-corrected chi connectivity index (χ3v) is 3.43. The van der Waals surface area contributed by atoms with Crippen LogP contribution >= 0.6 is 0 Å². The van der Waals surface area contributed by atoms with Crippen LogP contribution in [0.1, 0.15) is 21.6 Å². The highest BCUT2D eigenvalue weighted by molar-refractivity contribution is 5.95. The molecule has 1 aromatic carbocycles. The Bertz CT molecular complexity index is 737.